The number of hydrogen-bond acceptors (Lipinski definition) is 2. The van der Waals surface area contributed by atoms with Gasteiger partial charge in [0, 0.05) is 12.6 Å². The Morgan fingerprint density at radius 2 is 1.75 bits per heavy atom. The molecule has 16 heavy (non-hydrogen) atoms. The first kappa shape index (κ1) is 11.6. The third kappa shape index (κ3) is 2.83. The Hall–Kier alpha value is -0.860. The van der Waals surface area contributed by atoms with Crippen molar-refractivity contribution in [2.75, 3.05) is 13.1 Å². The smallest absolute Gasteiger partial charge is 0.0208 e. The largest absolute Gasteiger partial charge is 0.316 e. The molecule has 1 aromatic carbocycles. The van der Waals surface area contributed by atoms with Gasteiger partial charge in [0.2, 0.25) is 0 Å². The van der Waals surface area contributed by atoms with Crippen LogP contribution < -0.4 is 10.6 Å². The predicted octanol–water partition coefficient (Wildman–Crippen LogP) is 2.02. The summed E-state index contributed by atoms with van der Waals surface area (Å²) in [7, 11) is 0. The molecule has 2 nitrogen and oxygen atoms in total. The maximum atomic E-state index is 3.70. The van der Waals surface area contributed by atoms with Gasteiger partial charge >= 0.3 is 0 Å². The van der Waals surface area contributed by atoms with Gasteiger partial charge in [0.15, 0.2) is 0 Å². The second-order valence-electron chi connectivity index (χ2n) is 5.01. The van der Waals surface area contributed by atoms with Crippen LogP contribution in [0.4, 0.5) is 0 Å². The first-order valence-corrected chi connectivity index (χ1v) is 6.25. The second kappa shape index (κ2) is 5.46. The quantitative estimate of drug-likeness (QED) is 0.811. The molecule has 0 amide bonds. The topological polar surface area (TPSA) is 24.1 Å². The summed E-state index contributed by atoms with van der Waals surface area (Å²) in [5, 5.41) is 7.17. The predicted molar refractivity (Wildman–Crippen MR) is 68.3 cm³/mol. The van der Waals surface area contributed by atoms with Gasteiger partial charge in [0.1, 0.15) is 0 Å². The normalized spacial score (nSPS) is 30.2. The summed E-state index contributed by atoms with van der Waals surface area (Å²) >= 11 is 0. The Balaban J connectivity index is 1.89. The zero-order valence-corrected chi connectivity index (χ0v) is 10.2. The van der Waals surface area contributed by atoms with Gasteiger partial charge in [0.25, 0.3) is 0 Å². The fraction of sp³-hybridized carbons (Fsp3) is 0.571. The monoisotopic (exact) mass is 218 g/mol. The van der Waals surface area contributed by atoms with Crippen LogP contribution in [0.3, 0.4) is 0 Å². The van der Waals surface area contributed by atoms with Crippen LogP contribution in [-0.4, -0.2) is 19.1 Å². The number of rotatable bonds is 3. The van der Waals surface area contributed by atoms with Crippen molar-refractivity contribution >= 4 is 0 Å². The zero-order valence-electron chi connectivity index (χ0n) is 10.2. The molecule has 0 aliphatic carbocycles. The highest BCUT2D eigenvalue weighted by atomic mass is 15.0. The van der Waals surface area contributed by atoms with E-state index in [1.807, 2.05) is 0 Å². The first-order chi connectivity index (χ1) is 7.77. The van der Waals surface area contributed by atoms with Crippen LogP contribution in [0.15, 0.2) is 30.3 Å². The summed E-state index contributed by atoms with van der Waals surface area (Å²) in [6, 6.07) is 11.3. The molecule has 88 valence electrons. The van der Waals surface area contributed by atoms with E-state index in [2.05, 4.69) is 54.8 Å². The number of hydrogen-bond donors (Lipinski definition) is 2. The molecule has 1 fully saturated rings. The molecule has 0 saturated carbocycles. The first-order valence-electron chi connectivity index (χ1n) is 6.25. The third-order valence-corrected chi connectivity index (χ3v) is 3.54. The lowest BCUT2D eigenvalue weighted by Gasteiger charge is -2.36. The van der Waals surface area contributed by atoms with Crippen molar-refractivity contribution in [1.82, 2.24) is 10.6 Å². The van der Waals surface area contributed by atoms with E-state index < -0.39 is 0 Å². The van der Waals surface area contributed by atoms with Crippen molar-refractivity contribution in [2.45, 2.75) is 26.4 Å². The highest BCUT2D eigenvalue weighted by Gasteiger charge is 2.26. The maximum absolute atomic E-state index is 3.70. The molecule has 0 aromatic heterocycles. The summed E-state index contributed by atoms with van der Waals surface area (Å²) in [5.74, 6) is 1.43. The van der Waals surface area contributed by atoms with Crippen LogP contribution in [0.25, 0.3) is 0 Å². The highest BCUT2D eigenvalue weighted by molar-refractivity contribution is 5.14. The van der Waals surface area contributed by atoms with E-state index in [-0.39, 0.29) is 0 Å². The van der Waals surface area contributed by atoms with Crippen LogP contribution in [0.1, 0.15) is 19.4 Å². The van der Waals surface area contributed by atoms with Crippen molar-refractivity contribution in [3.63, 3.8) is 0 Å². The SMILES string of the molecule is CC1CNCC(C)C1NCc1ccccc1. The van der Waals surface area contributed by atoms with Gasteiger partial charge in [0.05, 0.1) is 0 Å². The number of benzene rings is 1. The minimum atomic E-state index is 0.640. The third-order valence-electron chi connectivity index (χ3n) is 3.54. The van der Waals surface area contributed by atoms with Crippen LogP contribution in [0.2, 0.25) is 0 Å². The van der Waals surface area contributed by atoms with Gasteiger partial charge in [-0.3, -0.25) is 0 Å². The molecule has 2 heteroatoms. The van der Waals surface area contributed by atoms with E-state index >= 15 is 0 Å². The summed E-state index contributed by atoms with van der Waals surface area (Å²) in [4.78, 5) is 0. The zero-order chi connectivity index (χ0) is 11.4. The van der Waals surface area contributed by atoms with E-state index in [1.54, 1.807) is 0 Å². The summed E-state index contributed by atoms with van der Waals surface area (Å²) in [6.07, 6.45) is 0. The lowest BCUT2D eigenvalue weighted by molar-refractivity contribution is 0.224. The Labute approximate surface area is 98.4 Å². The van der Waals surface area contributed by atoms with E-state index in [4.69, 9.17) is 0 Å². The highest BCUT2D eigenvalue weighted by Crippen LogP contribution is 2.17. The second-order valence-corrected chi connectivity index (χ2v) is 5.01. The molecule has 2 rings (SSSR count). The van der Waals surface area contributed by atoms with E-state index in [9.17, 15) is 0 Å². The van der Waals surface area contributed by atoms with Gasteiger partial charge in [-0.05, 0) is 30.5 Å². The van der Waals surface area contributed by atoms with Crippen LogP contribution >= 0.6 is 0 Å². The Kier molecular flexibility index (Phi) is 3.97. The molecular weight excluding hydrogens is 196 g/mol. The molecule has 1 aliphatic rings. The maximum Gasteiger partial charge on any atom is 0.0208 e. The van der Waals surface area contributed by atoms with Gasteiger partial charge < -0.3 is 10.6 Å². The van der Waals surface area contributed by atoms with Gasteiger partial charge in [-0.2, -0.15) is 0 Å². The molecule has 0 spiro atoms. The molecule has 1 aromatic rings. The van der Waals surface area contributed by atoms with Crippen molar-refractivity contribution < 1.29 is 0 Å². The summed E-state index contributed by atoms with van der Waals surface area (Å²) in [5.41, 5.74) is 1.38. The fourth-order valence-corrected chi connectivity index (χ4v) is 2.59. The van der Waals surface area contributed by atoms with Gasteiger partial charge in [-0.25, -0.2) is 0 Å². The van der Waals surface area contributed by atoms with Gasteiger partial charge in [-0.15, -0.1) is 0 Å². The molecule has 1 heterocycles. The lowest BCUT2D eigenvalue weighted by atomic mass is 9.87. The summed E-state index contributed by atoms with van der Waals surface area (Å²) < 4.78 is 0. The van der Waals surface area contributed by atoms with E-state index in [0.29, 0.717) is 17.9 Å². The van der Waals surface area contributed by atoms with E-state index in [0.717, 1.165) is 19.6 Å². The average Bonchev–Trinajstić information content (AvgIpc) is 2.30. The van der Waals surface area contributed by atoms with Crippen LogP contribution in [0.5, 0.6) is 0 Å². The summed E-state index contributed by atoms with van der Waals surface area (Å²) in [6.45, 7) is 7.91. The van der Waals surface area contributed by atoms with Crippen LogP contribution in [0, 0.1) is 11.8 Å². The molecule has 2 N–H and O–H groups in total. The van der Waals surface area contributed by atoms with Crippen molar-refractivity contribution in [1.29, 1.82) is 0 Å². The number of nitrogens with one attached hydrogen (secondary N) is 2. The van der Waals surface area contributed by atoms with Crippen molar-refractivity contribution in [3.05, 3.63) is 35.9 Å². The van der Waals surface area contributed by atoms with Crippen molar-refractivity contribution in [3.8, 4) is 0 Å². The Morgan fingerprint density at radius 3 is 2.38 bits per heavy atom. The molecule has 2 atom stereocenters. The molecule has 0 bridgehead atoms. The lowest BCUT2D eigenvalue weighted by Crippen LogP contribution is -2.51. The minimum Gasteiger partial charge on any atom is -0.316 e. The molecule has 1 aliphatic heterocycles. The van der Waals surface area contributed by atoms with Gasteiger partial charge in [-0.1, -0.05) is 44.2 Å². The van der Waals surface area contributed by atoms with Crippen LogP contribution in [-0.2, 0) is 6.54 Å². The number of piperidine rings is 1. The Morgan fingerprint density at radius 1 is 1.12 bits per heavy atom. The van der Waals surface area contributed by atoms with Crippen molar-refractivity contribution in [2.24, 2.45) is 11.8 Å². The fourth-order valence-electron chi connectivity index (χ4n) is 2.59. The minimum absolute atomic E-state index is 0.640. The molecule has 0 radical (unpaired) electrons. The average molecular weight is 218 g/mol. The van der Waals surface area contributed by atoms with E-state index in [1.165, 1.54) is 5.56 Å². The molecule has 1 saturated heterocycles. The molecular formula is C14H22N2. The molecule has 2 unspecified atom stereocenters. The Bertz CT molecular complexity index is 300. The standard InChI is InChI=1S/C14H22N2/c1-11-8-15-9-12(2)14(11)16-10-13-6-4-3-5-7-13/h3-7,11-12,14-16H,8-10H2,1-2H3.